The molecule has 2 aromatic heterocycles. The zero-order valence-electron chi connectivity index (χ0n) is 11.8. The smallest absolute Gasteiger partial charge is 0.242 e. The minimum atomic E-state index is 0.0734. The number of aromatic amines is 1. The summed E-state index contributed by atoms with van der Waals surface area (Å²) in [5.41, 5.74) is 1.22. The molecular formula is C13H17N5O2S. The molecule has 1 amide bonds. The fourth-order valence-electron chi connectivity index (χ4n) is 2.63. The van der Waals surface area contributed by atoms with Crippen molar-refractivity contribution in [1.29, 1.82) is 0 Å². The van der Waals surface area contributed by atoms with Crippen molar-refractivity contribution >= 4 is 29.3 Å². The number of amides is 1. The molecule has 1 fully saturated rings. The standard InChI is InChI=1S/C13H17N5O2S/c1-20-12-10-11(14-8-15-12)18(13(21)16-10)7-9(19)17-5-3-2-4-6-17/h8H,2-7H2,1H3,(H,16,21). The van der Waals surface area contributed by atoms with Gasteiger partial charge in [0.15, 0.2) is 10.4 Å². The normalized spacial score (nSPS) is 15.4. The Morgan fingerprint density at radius 1 is 1.38 bits per heavy atom. The lowest BCUT2D eigenvalue weighted by molar-refractivity contribution is -0.132. The minimum Gasteiger partial charge on any atom is -0.479 e. The third-order valence-electron chi connectivity index (χ3n) is 3.72. The number of carbonyl (C=O) groups is 1. The molecule has 0 spiro atoms. The molecule has 112 valence electrons. The van der Waals surface area contributed by atoms with E-state index in [0.29, 0.717) is 21.8 Å². The highest BCUT2D eigenvalue weighted by Crippen LogP contribution is 2.20. The van der Waals surface area contributed by atoms with E-state index in [0.717, 1.165) is 25.9 Å². The number of hydrogen-bond donors (Lipinski definition) is 1. The van der Waals surface area contributed by atoms with E-state index in [2.05, 4.69) is 15.0 Å². The number of methoxy groups -OCH3 is 1. The minimum absolute atomic E-state index is 0.0734. The lowest BCUT2D eigenvalue weighted by Gasteiger charge is -2.26. The van der Waals surface area contributed by atoms with Gasteiger partial charge in [0, 0.05) is 13.1 Å². The van der Waals surface area contributed by atoms with Crippen LogP contribution in [0.15, 0.2) is 6.33 Å². The third kappa shape index (κ3) is 2.63. The van der Waals surface area contributed by atoms with Crippen LogP contribution in [0, 0.1) is 4.77 Å². The first-order valence-corrected chi connectivity index (χ1v) is 7.37. The summed E-state index contributed by atoms with van der Waals surface area (Å²) in [5, 5.41) is 0. The molecule has 21 heavy (non-hydrogen) atoms. The number of rotatable bonds is 3. The molecule has 0 bridgehead atoms. The summed E-state index contributed by atoms with van der Waals surface area (Å²) >= 11 is 5.29. The van der Waals surface area contributed by atoms with Gasteiger partial charge < -0.3 is 14.6 Å². The van der Waals surface area contributed by atoms with Gasteiger partial charge in [0.05, 0.1) is 7.11 Å². The number of nitrogens with zero attached hydrogens (tertiary/aromatic N) is 4. The molecule has 7 nitrogen and oxygen atoms in total. The summed E-state index contributed by atoms with van der Waals surface area (Å²) < 4.78 is 7.33. The highest BCUT2D eigenvalue weighted by Gasteiger charge is 2.19. The largest absolute Gasteiger partial charge is 0.479 e. The van der Waals surface area contributed by atoms with Crippen molar-refractivity contribution in [3.63, 3.8) is 0 Å². The van der Waals surface area contributed by atoms with Gasteiger partial charge >= 0.3 is 0 Å². The average molecular weight is 307 g/mol. The second-order valence-corrected chi connectivity index (χ2v) is 5.43. The first kappa shape index (κ1) is 14.0. The van der Waals surface area contributed by atoms with Gasteiger partial charge in [-0.3, -0.25) is 9.36 Å². The second kappa shape index (κ2) is 5.80. The van der Waals surface area contributed by atoms with E-state index in [1.165, 1.54) is 19.9 Å². The van der Waals surface area contributed by atoms with E-state index in [1.807, 2.05) is 4.90 Å². The number of aromatic nitrogens is 4. The maximum absolute atomic E-state index is 12.4. The first-order valence-electron chi connectivity index (χ1n) is 6.96. The Bertz CT molecular complexity index is 717. The molecule has 3 heterocycles. The van der Waals surface area contributed by atoms with E-state index in [-0.39, 0.29) is 12.5 Å². The van der Waals surface area contributed by atoms with E-state index in [9.17, 15) is 4.79 Å². The monoisotopic (exact) mass is 307 g/mol. The molecular weight excluding hydrogens is 290 g/mol. The second-order valence-electron chi connectivity index (χ2n) is 5.04. The number of piperidine rings is 1. The molecule has 8 heteroatoms. The maximum atomic E-state index is 12.4. The number of ether oxygens (including phenoxy) is 1. The Morgan fingerprint density at radius 3 is 2.86 bits per heavy atom. The van der Waals surface area contributed by atoms with Crippen LogP contribution in [-0.2, 0) is 11.3 Å². The van der Waals surface area contributed by atoms with Crippen molar-refractivity contribution in [1.82, 2.24) is 24.4 Å². The van der Waals surface area contributed by atoms with Gasteiger partial charge in [0.25, 0.3) is 0 Å². The quantitative estimate of drug-likeness (QED) is 0.870. The topological polar surface area (TPSA) is 76.0 Å². The number of H-pyrrole nitrogens is 1. The fraction of sp³-hybridized carbons (Fsp3) is 0.538. The SMILES string of the molecule is COc1ncnc2c1[nH]c(=S)n2CC(=O)N1CCCCC1. The summed E-state index contributed by atoms with van der Waals surface area (Å²) in [6, 6.07) is 0. The van der Waals surface area contributed by atoms with E-state index < -0.39 is 0 Å². The molecule has 0 aromatic carbocycles. The van der Waals surface area contributed by atoms with Crippen LogP contribution >= 0.6 is 12.2 Å². The van der Waals surface area contributed by atoms with E-state index in [4.69, 9.17) is 17.0 Å². The average Bonchev–Trinajstić information content (AvgIpc) is 2.84. The van der Waals surface area contributed by atoms with Crippen molar-refractivity contribution in [2.45, 2.75) is 25.8 Å². The van der Waals surface area contributed by atoms with E-state index in [1.54, 1.807) is 4.57 Å². The zero-order chi connectivity index (χ0) is 14.8. The van der Waals surface area contributed by atoms with Crippen molar-refractivity contribution in [3.8, 4) is 5.88 Å². The van der Waals surface area contributed by atoms with Crippen LogP contribution in [0.25, 0.3) is 11.2 Å². The Morgan fingerprint density at radius 2 is 2.14 bits per heavy atom. The summed E-state index contributed by atoms with van der Waals surface area (Å²) in [6.45, 7) is 1.85. The lowest BCUT2D eigenvalue weighted by Crippen LogP contribution is -2.37. The van der Waals surface area contributed by atoms with Gasteiger partial charge in [0.2, 0.25) is 11.8 Å². The summed E-state index contributed by atoms with van der Waals surface area (Å²) in [4.78, 5) is 25.5. The predicted octanol–water partition coefficient (Wildman–Crippen LogP) is 1.51. The zero-order valence-corrected chi connectivity index (χ0v) is 12.7. The molecule has 1 saturated heterocycles. The fourth-order valence-corrected chi connectivity index (χ4v) is 2.88. The van der Waals surface area contributed by atoms with Gasteiger partial charge in [-0.1, -0.05) is 0 Å². The number of hydrogen-bond acceptors (Lipinski definition) is 5. The molecule has 1 aliphatic heterocycles. The third-order valence-corrected chi connectivity index (χ3v) is 4.04. The summed E-state index contributed by atoms with van der Waals surface area (Å²) in [7, 11) is 1.54. The molecule has 1 N–H and O–H groups in total. The van der Waals surface area contributed by atoms with Crippen molar-refractivity contribution in [2.75, 3.05) is 20.2 Å². The van der Waals surface area contributed by atoms with Crippen LogP contribution < -0.4 is 4.74 Å². The van der Waals surface area contributed by atoms with Gasteiger partial charge in [-0.25, -0.2) is 4.98 Å². The van der Waals surface area contributed by atoms with E-state index >= 15 is 0 Å². The van der Waals surface area contributed by atoms with Crippen LogP contribution in [0.1, 0.15) is 19.3 Å². The van der Waals surface area contributed by atoms with Crippen LogP contribution in [-0.4, -0.2) is 50.5 Å². The molecule has 0 atom stereocenters. The molecule has 0 unspecified atom stereocenters. The summed E-state index contributed by atoms with van der Waals surface area (Å²) in [5.74, 6) is 0.500. The Kier molecular flexibility index (Phi) is 3.87. The van der Waals surface area contributed by atoms with Crippen LogP contribution in [0.2, 0.25) is 0 Å². The highest BCUT2D eigenvalue weighted by atomic mass is 32.1. The van der Waals surface area contributed by atoms with Gasteiger partial charge in [-0.05, 0) is 31.5 Å². The molecule has 0 radical (unpaired) electrons. The van der Waals surface area contributed by atoms with Gasteiger partial charge in [-0.2, -0.15) is 4.98 Å². The van der Waals surface area contributed by atoms with Crippen molar-refractivity contribution in [3.05, 3.63) is 11.1 Å². The van der Waals surface area contributed by atoms with Gasteiger partial charge in [0.1, 0.15) is 18.4 Å². The van der Waals surface area contributed by atoms with Crippen LogP contribution in [0.4, 0.5) is 0 Å². The highest BCUT2D eigenvalue weighted by molar-refractivity contribution is 7.71. The number of carbonyl (C=O) groups excluding carboxylic acids is 1. The Balaban J connectivity index is 1.91. The molecule has 0 saturated carbocycles. The molecule has 0 aliphatic carbocycles. The van der Waals surface area contributed by atoms with Crippen molar-refractivity contribution < 1.29 is 9.53 Å². The predicted molar refractivity (Wildman–Crippen MR) is 79.7 cm³/mol. The number of imidazole rings is 1. The number of likely N-dealkylation sites (tertiary alicyclic amines) is 1. The molecule has 3 rings (SSSR count). The Hall–Kier alpha value is -1.96. The van der Waals surface area contributed by atoms with Crippen molar-refractivity contribution in [2.24, 2.45) is 0 Å². The van der Waals surface area contributed by atoms with Crippen LogP contribution in [0.5, 0.6) is 5.88 Å². The Labute approximate surface area is 126 Å². The number of nitrogens with one attached hydrogen (secondary N) is 1. The maximum Gasteiger partial charge on any atom is 0.242 e. The first-order chi connectivity index (χ1) is 10.2. The van der Waals surface area contributed by atoms with Crippen LogP contribution in [0.3, 0.4) is 0 Å². The summed E-state index contributed by atoms with van der Waals surface area (Å²) in [6.07, 6.45) is 4.74. The lowest BCUT2D eigenvalue weighted by atomic mass is 10.1. The molecule has 2 aromatic rings. The molecule has 1 aliphatic rings. The number of fused-ring (bicyclic) bond motifs is 1. The van der Waals surface area contributed by atoms with Gasteiger partial charge in [-0.15, -0.1) is 0 Å².